The van der Waals surface area contributed by atoms with Crippen molar-refractivity contribution in [2.24, 2.45) is 0 Å². The van der Waals surface area contributed by atoms with Crippen molar-refractivity contribution >= 4 is 11.0 Å². The van der Waals surface area contributed by atoms with Gasteiger partial charge in [0.15, 0.2) is 5.43 Å². The molecule has 1 atom stereocenters. The number of nitrogens with zero attached hydrogens (tertiary/aromatic N) is 1. The molecular formula is C21H21NO3. The summed E-state index contributed by atoms with van der Waals surface area (Å²) in [5, 5.41) is 0.635. The molecular weight excluding hydrogens is 314 g/mol. The van der Waals surface area contributed by atoms with Crippen molar-refractivity contribution in [2.45, 2.75) is 33.0 Å². The van der Waals surface area contributed by atoms with Crippen molar-refractivity contribution in [3.63, 3.8) is 0 Å². The summed E-state index contributed by atoms with van der Waals surface area (Å²) >= 11 is 0. The Balaban J connectivity index is 1.66. The van der Waals surface area contributed by atoms with Crippen LogP contribution in [0.3, 0.4) is 0 Å². The quantitative estimate of drug-likeness (QED) is 0.713. The molecule has 4 nitrogen and oxygen atoms in total. The van der Waals surface area contributed by atoms with E-state index in [9.17, 15) is 4.79 Å². The minimum Gasteiger partial charge on any atom is -0.489 e. The van der Waals surface area contributed by atoms with Crippen molar-refractivity contribution < 1.29 is 9.15 Å². The molecule has 0 fully saturated rings. The minimum atomic E-state index is 0.0455. The fourth-order valence-electron chi connectivity index (χ4n) is 3.46. The molecule has 2 aromatic carbocycles. The zero-order chi connectivity index (χ0) is 17.4. The number of para-hydroxylation sites is 1. The molecule has 0 bridgehead atoms. The maximum absolute atomic E-state index is 12.8. The van der Waals surface area contributed by atoms with Gasteiger partial charge in [0.25, 0.3) is 0 Å². The van der Waals surface area contributed by atoms with Gasteiger partial charge < -0.3 is 9.15 Å². The minimum absolute atomic E-state index is 0.0455. The van der Waals surface area contributed by atoms with Gasteiger partial charge in [0.05, 0.1) is 11.6 Å². The van der Waals surface area contributed by atoms with Gasteiger partial charge in [0.1, 0.15) is 17.4 Å². The molecule has 0 saturated carbocycles. The van der Waals surface area contributed by atoms with Crippen LogP contribution in [-0.4, -0.2) is 17.5 Å². The molecule has 0 saturated heterocycles. The van der Waals surface area contributed by atoms with Gasteiger partial charge >= 0.3 is 0 Å². The highest BCUT2D eigenvalue weighted by atomic mass is 16.5. The molecule has 2 heterocycles. The van der Waals surface area contributed by atoms with Crippen LogP contribution in [0.5, 0.6) is 5.75 Å². The average Bonchev–Trinajstić information content (AvgIpc) is 2.75. The molecule has 1 aromatic heterocycles. The summed E-state index contributed by atoms with van der Waals surface area (Å²) in [5.41, 5.74) is 3.73. The molecule has 3 aromatic rings. The molecule has 128 valence electrons. The number of benzene rings is 2. The van der Waals surface area contributed by atoms with Gasteiger partial charge in [-0.15, -0.1) is 0 Å². The zero-order valence-electron chi connectivity index (χ0n) is 14.5. The maximum atomic E-state index is 12.8. The number of ether oxygens (including phenoxy) is 1. The summed E-state index contributed by atoms with van der Waals surface area (Å²) in [6.45, 7) is 6.21. The topological polar surface area (TPSA) is 42.7 Å². The lowest BCUT2D eigenvalue weighted by Crippen LogP contribution is -2.32. The fourth-order valence-corrected chi connectivity index (χ4v) is 3.46. The second-order valence-electron chi connectivity index (χ2n) is 6.80. The molecule has 0 radical (unpaired) electrons. The number of hydrogen-bond acceptors (Lipinski definition) is 4. The predicted octanol–water partition coefficient (Wildman–Crippen LogP) is 3.88. The van der Waals surface area contributed by atoms with Crippen LogP contribution in [-0.2, 0) is 13.1 Å². The smallest absolute Gasteiger partial charge is 0.197 e. The highest BCUT2D eigenvalue weighted by molar-refractivity contribution is 5.76. The van der Waals surface area contributed by atoms with Gasteiger partial charge in [0, 0.05) is 30.8 Å². The molecule has 0 spiro atoms. The van der Waals surface area contributed by atoms with Crippen molar-refractivity contribution in [3.05, 3.63) is 75.6 Å². The van der Waals surface area contributed by atoms with Crippen molar-refractivity contribution in [2.75, 3.05) is 6.54 Å². The van der Waals surface area contributed by atoms with Crippen LogP contribution in [0, 0.1) is 6.92 Å². The first kappa shape index (κ1) is 15.9. The van der Waals surface area contributed by atoms with Crippen molar-refractivity contribution in [3.8, 4) is 5.75 Å². The third kappa shape index (κ3) is 3.17. The number of hydrogen-bond donors (Lipinski definition) is 0. The Bertz CT molecular complexity index is 976. The molecule has 0 aliphatic carbocycles. The number of fused-ring (bicyclic) bond motifs is 2. The van der Waals surface area contributed by atoms with Crippen LogP contribution in [0.25, 0.3) is 11.0 Å². The van der Waals surface area contributed by atoms with E-state index in [4.69, 9.17) is 9.15 Å². The van der Waals surface area contributed by atoms with E-state index in [-0.39, 0.29) is 11.5 Å². The van der Waals surface area contributed by atoms with E-state index >= 15 is 0 Å². The SMILES string of the molecule is Cc1ccc2c(c1)CN(Cc1coc3ccccc3c1=O)C[C@H](C)O2. The normalized spacial score (nSPS) is 17.8. The van der Waals surface area contributed by atoms with Crippen LogP contribution in [0.4, 0.5) is 0 Å². The molecule has 1 aliphatic rings. The lowest BCUT2D eigenvalue weighted by molar-refractivity contribution is 0.155. The van der Waals surface area contributed by atoms with Crippen molar-refractivity contribution in [1.82, 2.24) is 4.90 Å². The third-order valence-electron chi connectivity index (χ3n) is 4.60. The van der Waals surface area contributed by atoms with Crippen LogP contribution in [0.2, 0.25) is 0 Å². The highest BCUT2D eigenvalue weighted by Gasteiger charge is 2.21. The fraction of sp³-hybridized carbons (Fsp3) is 0.286. The summed E-state index contributed by atoms with van der Waals surface area (Å²) in [7, 11) is 0. The second kappa shape index (κ2) is 6.37. The highest BCUT2D eigenvalue weighted by Crippen LogP contribution is 2.27. The first-order chi connectivity index (χ1) is 12.1. The molecule has 0 unspecified atom stereocenters. The van der Waals surface area contributed by atoms with E-state index in [0.717, 1.165) is 24.4 Å². The zero-order valence-corrected chi connectivity index (χ0v) is 14.5. The van der Waals surface area contributed by atoms with E-state index in [0.29, 0.717) is 23.1 Å². The lowest BCUT2D eigenvalue weighted by atomic mass is 10.1. The molecule has 0 N–H and O–H groups in total. The summed E-state index contributed by atoms with van der Waals surface area (Å²) in [6.07, 6.45) is 1.66. The van der Waals surface area contributed by atoms with E-state index in [2.05, 4.69) is 30.9 Å². The summed E-state index contributed by atoms with van der Waals surface area (Å²) in [6, 6.07) is 13.6. The first-order valence-corrected chi connectivity index (χ1v) is 8.58. The number of rotatable bonds is 2. The van der Waals surface area contributed by atoms with Crippen LogP contribution >= 0.6 is 0 Å². The average molecular weight is 335 g/mol. The van der Waals surface area contributed by atoms with Crippen LogP contribution < -0.4 is 10.2 Å². The molecule has 0 amide bonds. The van der Waals surface area contributed by atoms with Gasteiger partial charge in [-0.3, -0.25) is 9.69 Å². The molecule has 1 aliphatic heterocycles. The van der Waals surface area contributed by atoms with E-state index in [1.165, 1.54) is 5.56 Å². The van der Waals surface area contributed by atoms with E-state index in [1.807, 2.05) is 30.3 Å². The molecule has 25 heavy (non-hydrogen) atoms. The lowest BCUT2D eigenvalue weighted by Gasteiger charge is -2.21. The molecule has 4 heteroatoms. The Morgan fingerprint density at radius 3 is 2.92 bits per heavy atom. The Morgan fingerprint density at radius 1 is 1.20 bits per heavy atom. The maximum Gasteiger partial charge on any atom is 0.197 e. The summed E-state index contributed by atoms with van der Waals surface area (Å²) < 4.78 is 11.7. The summed E-state index contributed by atoms with van der Waals surface area (Å²) in [5.74, 6) is 0.936. The van der Waals surface area contributed by atoms with Crippen LogP contribution in [0.15, 0.2) is 57.9 Å². The van der Waals surface area contributed by atoms with Crippen molar-refractivity contribution in [1.29, 1.82) is 0 Å². The van der Waals surface area contributed by atoms with Gasteiger partial charge in [-0.2, -0.15) is 0 Å². The summed E-state index contributed by atoms with van der Waals surface area (Å²) in [4.78, 5) is 15.0. The van der Waals surface area contributed by atoms with E-state index in [1.54, 1.807) is 6.26 Å². The Hall–Kier alpha value is -2.59. The molecule has 4 rings (SSSR count). The predicted molar refractivity (Wildman–Crippen MR) is 97.9 cm³/mol. The van der Waals surface area contributed by atoms with Gasteiger partial charge in [-0.05, 0) is 32.0 Å². The standard InChI is InChI=1S/C21H21NO3/c1-14-7-8-19-16(9-14)11-22(10-15(2)25-19)12-17-13-24-20-6-4-3-5-18(20)21(17)23/h3-9,13,15H,10-12H2,1-2H3/t15-/m0/s1. The monoisotopic (exact) mass is 335 g/mol. The van der Waals surface area contributed by atoms with Gasteiger partial charge in [-0.25, -0.2) is 0 Å². The Kier molecular flexibility index (Phi) is 4.06. The Labute approximate surface area is 146 Å². The van der Waals surface area contributed by atoms with Gasteiger partial charge in [-0.1, -0.05) is 29.8 Å². The first-order valence-electron chi connectivity index (χ1n) is 8.58. The third-order valence-corrected chi connectivity index (χ3v) is 4.60. The number of aryl methyl sites for hydroxylation is 1. The van der Waals surface area contributed by atoms with Crippen LogP contribution in [0.1, 0.15) is 23.6 Å². The Morgan fingerprint density at radius 2 is 2.04 bits per heavy atom. The van der Waals surface area contributed by atoms with E-state index < -0.39 is 0 Å². The largest absolute Gasteiger partial charge is 0.489 e. The second-order valence-corrected chi connectivity index (χ2v) is 6.80. The van der Waals surface area contributed by atoms with Gasteiger partial charge in [0.2, 0.25) is 0 Å².